The number of Topliss-reactive ketones (excluding diaryl/α,β-unsaturated/α-hetero) is 1. The van der Waals surface area contributed by atoms with E-state index in [4.69, 9.17) is 4.74 Å². The number of hydrogen-bond donors (Lipinski definition) is 2. The number of fused-ring (bicyclic) bond motifs is 1. The quantitative estimate of drug-likeness (QED) is 0.602. The summed E-state index contributed by atoms with van der Waals surface area (Å²) < 4.78 is 5.43. The van der Waals surface area contributed by atoms with Crippen molar-refractivity contribution in [1.29, 1.82) is 0 Å². The predicted octanol–water partition coefficient (Wildman–Crippen LogP) is 2.94. The van der Waals surface area contributed by atoms with Gasteiger partial charge in [-0.05, 0) is 42.7 Å². The zero-order chi connectivity index (χ0) is 22.6. The number of nitrogens with one attached hydrogen (secondary N) is 2. The maximum Gasteiger partial charge on any atom is 0.226 e. The van der Waals surface area contributed by atoms with Crippen LogP contribution in [0.15, 0.2) is 30.3 Å². The van der Waals surface area contributed by atoms with Crippen molar-refractivity contribution in [3.05, 3.63) is 35.9 Å². The third-order valence-electron chi connectivity index (χ3n) is 8.48. The van der Waals surface area contributed by atoms with E-state index in [1.807, 2.05) is 18.2 Å². The molecular weight excluding hydrogens is 414 g/mol. The molecular formula is C27H39N3O3. The summed E-state index contributed by atoms with van der Waals surface area (Å²) in [6, 6.07) is 10.3. The van der Waals surface area contributed by atoms with Crippen molar-refractivity contribution >= 4 is 11.7 Å². The lowest BCUT2D eigenvalue weighted by Crippen LogP contribution is -2.44. The summed E-state index contributed by atoms with van der Waals surface area (Å²) in [7, 11) is 0. The molecule has 3 unspecified atom stereocenters. The van der Waals surface area contributed by atoms with Crippen LogP contribution in [0.5, 0.6) is 0 Å². The number of amides is 1. The molecule has 4 aliphatic rings. The lowest BCUT2D eigenvalue weighted by atomic mass is 9.87. The highest BCUT2D eigenvalue weighted by Crippen LogP contribution is 2.37. The average Bonchev–Trinajstić information content (AvgIpc) is 3.62. The third-order valence-corrected chi connectivity index (χ3v) is 8.48. The molecule has 4 fully saturated rings. The minimum Gasteiger partial charge on any atom is -0.381 e. The fourth-order valence-corrected chi connectivity index (χ4v) is 6.63. The molecule has 6 heteroatoms. The molecule has 3 saturated heterocycles. The topological polar surface area (TPSA) is 70.7 Å². The fraction of sp³-hybridized carbons (Fsp3) is 0.704. The zero-order valence-electron chi connectivity index (χ0n) is 19.7. The van der Waals surface area contributed by atoms with Crippen LogP contribution < -0.4 is 10.6 Å². The van der Waals surface area contributed by atoms with E-state index in [-0.39, 0.29) is 23.9 Å². The normalized spacial score (nSPS) is 31.0. The fourth-order valence-electron chi connectivity index (χ4n) is 6.63. The average molecular weight is 454 g/mol. The predicted molar refractivity (Wildman–Crippen MR) is 128 cm³/mol. The molecule has 0 radical (unpaired) electrons. The van der Waals surface area contributed by atoms with E-state index in [2.05, 4.69) is 27.7 Å². The first-order chi connectivity index (χ1) is 16.2. The molecule has 5 rings (SSSR count). The van der Waals surface area contributed by atoms with Crippen molar-refractivity contribution in [1.82, 2.24) is 15.5 Å². The van der Waals surface area contributed by atoms with Crippen LogP contribution in [0.4, 0.5) is 0 Å². The highest BCUT2D eigenvalue weighted by Gasteiger charge is 2.47. The first kappa shape index (κ1) is 23.0. The van der Waals surface area contributed by atoms with E-state index in [0.29, 0.717) is 36.8 Å². The number of nitrogens with zero attached hydrogens (tertiary/aromatic N) is 1. The molecule has 180 valence electrons. The minimum atomic E-state index is -0.0471. The molecule has 1 saturated carbocycles. The summed E-state index contributed by atoms with van der Waals surface area (Å²) in [5.41, 5.74) is 1.14. The lowest BCUT2D eigenvalue weighted by molar-refractivity contribution is -0.127. The highest BCUT2D eigenvalue weighted by atomic mass is 16.5. The second-order valence-corrected chi connectivity index (χ2v) is 10.7. The van der Waals surface area contributed by atoms with Gasteiger partial charge in [0.15, 0.2) is 5.78 Å². The Morgan fingerprint density at radius 2 is 1.94 bits per heavy atom. The van der Waals surface area contributed by atoms with Crippen LogP contribution >= 0.6 is 0 Å². The Bertz CT molecular complexity index is 804. The Hall–Kier alpha value is -1.76. The third kappa shape index (κ3) is 5.33. The standard InChI is InChI=1S/C27H39N3O3/c31-25(14-19-6-4-5-7-19)26-23-16-28-15-22(23)17-30(26)12-10-24(20-8-2-1-3-9-20)29-27(32)21-11-13-33-18-21/h1-3,8-9,19,21-24,26,28H,4-7,10-18H2,(H,29,32)/t21?,22?,23-,24?,26+/m1/s1. The van der Waals surface area contributed by atoms with Crippen molar-refractivity contribution in [3.8, 4) is 0 Å². The van der Waals surface area contributed by atoms with Gasteiger partial charge < -0.3 is 15.4 Å². The first-order valence-electron chi connectivity index (χ1n) is 13.1. The summed E-state index contributed by atoms with van der Waals surface area (Å²) >= 11 is 0. The molecule has 1 aromatic carbocycles. The largest absolute Gasteiger partial charge is 0.381 e. The second-order valence-electron chi connectivity index (χ2n) is 10.7. The van der Waals surface area contributed by atoms with Crippen LogP contribution in [0.25, 0.3) is 0 Å². The first-order valence-corrected chi connectivity index (χ1v) is 13.1. The Balaban J connectivity index is 1.26. The molecule has 3 heterocycles. The monoisotopic (exact) mass is 453 g/mol. The van der Waals surface area contributed by atoms with Crippen LogP contribution in [-0.4, -0.2) is 62.0 Å². The molecule has 1 aromatic rings. The van der Waals surface area contributed by atoms with Gasteiger partial charge in [0, 0.05) is 32.7 Å². The van der Waals surface area contributed by atoms with Crippen LogP contribution in [0.1, 0.15) is 56.6 Å². The van der Waals surface area contributed by atoms with Gasteiger partial charge in [0.25, 0.3) is 0 Å². The molecule has 2 N–H and O–H groups in total. The van der Waals surface area contributed by atoms with E-state index in [9.17, 15) is 9.59 Å². The number of likely N-dealkylation sites (tertiary alicyclic amines) is 1. The molecule has 1 amide bonds. The summed E-state index contributed by atoms with van der Waals surface area (Å²) in [6.07, 6.45) is 7.38. The molecule has 1 aliphatic carbocycles. The number of carbonyl (C=O) groups is 2. The minimum absolute atomic E-state index is 0.0385. The number of rotatable bonds is 9. The molecule has 3 aliphatic heterocycles. The maximum atomic E-state index is 13.5. The maximum absolute atomic E-state index is 13.5. The summed E-state index contributed by atoms with van der Waals surface area (Å²) in [4.78, 5) is 28.8. The van der Waals surface area contributed by atoms with Gasteiger partial charge in [-0.1, -0.05) is 56.0 Å². The van der Waals surface area contributed by atoms with E-state index in [1.54, 1.807) is 0 Å². The van der Waals surface area contributed by atoms with Gasteiger partial charge in [0.05, 0.1) is 24.6 Å². The molecule has 6 nitrogen and oxygen atoms in total. The van der Waals surface area contributed by atoms with Gasteiger partial charge in [-0.2, -0.15) is 0 Å². The van der Waals surface area contributed by atoms with E-state index in [1.165, 1.54) is 25.7 Å². The number of ether oxygens (including phenoxy) is 1. The highest BCUT2D eigenvalue weighted by molar-refractivity contribution is 5.85. The van der Waals surface area contributed by atoms with Gasteiger partial charge >= 0.3 is 0 Å². The van der Waals surface area contributed by atoms with Crippen molar-refractivity contribution in [2.45, 2.75) is 57.0 Å². The van der Waals surface area contributed by atoms with Crippen molar-refractivity contribution < 1.29 is 14.3 Å². The number of carbonyl (C=O) groups excluding carboxylic acids is 2. The van der Waals surface area contributed by atoms with E-state index >= 15 is 0 Å². The van der Waals surface area contributed by atoms with Crippen LogP contribution in [0.3, 0.4) is 0 Å². The van der Waals surface area contributed by atoms with E-state index in [0.717, 1.165) is 51.0 Å². The van der Waals surface area contributed by atoms with Gasteiger partial charge in [-0.15, -0.1) is 0 Å². The molecule has 0 aromatic heterocycles. The van der Waals surface area contributed by atoms with E-state index < -0.39 is 0 Å². The van der Waals surface area contributed by atoms with Crippen LogP contribution in [0.2, 0.25) is 0 Å². The van der Waals surface area contributed by atoms with Crippen molar-refractivity contribution in [2.24, 2.45) is 23.7 Å². The number of benzene rings is 1. The lowest BCUT2D eigenvalue weighted by Gasteiger charge is -2.30. The Labute approximate surface area is 197 Å². The number of hydrogen-bond acceptors (Lipinski definition) is 5. The van der Waals surface area contributed by atoms with Gasteiger partial charge in [0.2, 0.25) is 5.91 Å². The SMILES string of the molecule is O=C(NC(CCN1CC2CNC[C@H]2[C@H]1C(=O)CC1CCCC1)c1ccccc1)C1CCOC1. The number of ketones is 1. The van der Waals surface area contributed by atoms with Crippen molar-refractivity contribution in [3.63, 3.8) is 0 Å². The Kier molecular flexibility index (Phi) is 7.43. The van der Waals surface area contributed by atoms with Gasteiger partial charge in [0.1, 0.15) is 0 Å². The summed E-state index contributed by atoms with van der Waals surface area (Å²) in [5, 5.41) is 6.83. The molecule has 33 heavy (non-hydrogen) atoms. The van der Waals surface area contributed by atoms with Gasteiger partial charge in [-0.25, -0.2) is 0 Å². The van der Waals surface area contributed by atoms with Crippen LogP contribution in [-0.2, 0) is 14.3 Å². The Morgan fingerprint density at radius 3 is 2.70 bits per heavy atom. The molecule has 0 spiro atoms. The smallest absolute Gasteiger partial charge is 0.226 e. The second kappa shape index (κ2) is 10.7. The molecule has 0 bridgehead atoms. The van der Waals surface area contributed by atoms with Gasteiger partial charge in [-0.3, -0.25) is 14.5 Å². The summed E-state index contributed by atoms with van der Waals surface area (Å²) in [5.74, 6) is 2.12. The molecule has 5 atom stereocenters. The Morgan fingerprint density at radius 1 is 1.12 bits per heavy atom. The van der Waals surface area contributed by atoms with Crippen LogP contribution in [0, 0.1) is 23.7 Å². The van der Waals surface area contributed by atoms with Crippen molar-refractivity contribution in [2.75, 3.05) is 39.4 Å². The zero-order valence-corrected chi connectivity index (χ0v) is 19.7. The summed E-state index contributed by atoms with van der Waals surface area (Å²) in [6.45, 7) is 5.01.